The van der Waals surface area contributed by atoms with E-state index in [2.05, 4.69) is 20.9 Å². The minimum absolute atomic E-state index is 0.171. The first-order valence-corrected chi connectivity index (χ1v) is 7.84. The highest BCUT2D eigenvalue weighted by atomic mass is 79.9. The van der Waals surface area contributed by atoms with Crippen LogP contribution >= 0.6 is 15.9 Å². The van der Waals surface area contributed by atoms with E-state index in [4.69, 9.17) is 14.6 Å². The van der Waals surface area contributed by atoms with E-state index >= 15 is 0 Å². The molecule has 1 heterocycles. The second-order valence-electron chi connectivity index (χ2n) is 4.76. The van der Waals surface area contributed by atoms with Gasteiger partial charge in [-0.2, -0.15) is 0 Å². The van der Waals surface area contributed by atoms with E-state index in [0.29, 0.717) is 24.7 Å². The van der Waals surface area contributed by atoms with E-state index in [0.717, 1.165) is 22.1 Å². The second-order valence-corrected chi connectivity index (χ2v) is 5.62. The van der Waals surface area contributed by atoms with Crippen molar-refractivity contribution in [3.05, 3.63) is 52.3 Å². The Hall–Kier alpha value is -1.63. The van der Waals surface area contributed by atoms with Crippen molar-refractivity contribution >= 4 is 15.9 Å². The van der Waals surface area contributed by atoms with Crippen LogP contribution in [0.2, 0.25) is 0 Å². The van der Waals surface area contributed by atoms with E-state index in [-0.39, 0.29) is 6.61 Å². The van der Waals surface area contributed by atoms with Gasteiger partial charge in [-0.25, -0.2) is 0 Å². The van der Waals surface area contributed by atoms with Crippen molar-refractivity contribution in [1.29, 1.82) is 0 Å². The molecule has 0 amide bonds. The monoisotopic (exact) mass is 367 g/mol. The van der Waals surface area contributed by atoms with Crippen LogP contribution in [0, 0.1) is 0 Å². The molecule has 0 aliphatic rings. The number of rotatable bonds is 8. The number of hydrogen-bond donors (Lipinski definition) is 2. The number of pyridine rings is 1. The zero-order valence-corrected chi connectivity index (χ0v) is 14.0. The highest BCUT2D eigenvalue weighted by Gasteiger charge is 2.12. The topological polar surface area (TPSA) is 68.2 Å². The summed E-state index contributed by atoms with van der Waals surface area (Å²) in [5, 5.41) is 10.9. The van der Waals surface area contributed by atoms with E-state index in [9.17, 15) is 0 Å². The Morgan fingerprint density at radius 3 is 2.86 bits per heavy atom. The number of ether oxygens (including phenoxy) is 2. The van der Waals surface area contributed by atoms with E-state index in [1.807, 2.05) is 29.6 Å². The Morgan fingerprint density at radius 1 is 1.32 bits per heavy atom. The molecule has 5 nitrogen and oxygen atoms in total. The van der Waals surface area contributed by atoms with Crippen LogP contribution in [0.25, 0.3) is 0 Å². The molecular weight excluding hydrogens is 348 g/mol. The number of hydrogen-bond acceptors (Lipinski definition) is 4. The van der Waals surface area contributed by atoms with Crippen molar-refractivity contribution in [1.82, 2.24) is 4.98 Å². The van der Waals surface area contributed by atoms with Crippen LogP contribution in [0.15, 0.2) is 41.1 Å². The van der Waals surface area contributed by atoms with Crippen LogP contribution in [0.1, 0.15) is 11.1 Å². The molecule has 0 aliphatic carbocycles. The number of methoxy groups -OCH3 is 1. The smallest absolute Gasteiger partial charge is 0.175 e. The zero-order chi connectivity index (χ0) is 15.8. The van der Waals surface area contributed by atoms with Gasteiger partial charge in [0, 0.05) is 23.5 Å². The minimum Gasteiger partial charge on any atom is -0.493 e. The summed E-state index contributed by atoms with van der Waals surface area (Å²) in [5.41, 5.74) is 2.10. The predicted octanol–water partition coefficient (Wildman–Crippen LogP) is 1.49. The summed E-state index contributed by atoms with van der Waals surface area (Å²) in [4.78, 5) is 4.07. The largest absolute Gasteiger partial charge is 0.493 e. The fourth-order valence-electron chi connectivity index (χ4n) is 2.03. The van der Waals surface area contributed by atoms with Gasteiger partial charge in [0.25, 0.3) is 0 Å². The Bertz CT molecular complexity index is 593. The van der Waals surface area contributed by atoms with Gasteiger partial charge in [-0.05, 0) is 34.1 Å². The summed E-state index contributed by atoms with van der Waals surface area (Å²) in [5.74, 6) is 1.36. The molecule has 0 saturated carbocycles. The summed E-state index contributed by atoms with van der Waals surface area (Å²) in [6, 6.07) is 7.81. The second kappa shape index (κ2) is 8.73. The molecule has 0 radical (unpaired) electrons. The normalized spacial score (nSPS) is 10.5. The number of quaternary nitrogens is 1. The molecule has 0 fully saturated rings. The van der Waals surface area contributed by atoms with Crippen molar-refractivity contribution in [3.63, 3.8) is 0 Å². The van der Waals surface area contributed by atoms with Crippen LogP contribution in [-0.4, -0.2) is 30.4 Å². The minimum atomic E-state index is 0.171. The third-order valence-electron chi connectivity index (χ3n) is 3.11. The van der Waals surface area contributed by atoms with Gasteiger partial charge >= 0.3 is 0 Å². The molecule has 0 saturated heterocycles. The van der Waals surface area contributed by atoms with Crippen molar-refractivity contribution < 1.29 is 19.9 Å². The lowest BCUT2D eigenvalue weighted by molar-refractivity contribution is -0.671. The molecule has 0 aliphatic heterocycles. The van der Waals surface area contributed by atoms with Crippen molar-refractivity contribution in [2.75, 3.05) is 20.3 Å². The lowest BCUT2D eigenvalue weighted by Gasteiger charge is -2.14. The number of nitrogens with two attached hydrogens (primary N) is 1. The van der Waals surface area contributed by atoms with Crippen LogP contribution in [-0.2, 0) is 13.2 Å². The van der Waals surface area contributed by atoms with E-state index < -0.39 is 0 Å². The average molecular weight is 368 g/mol. The fourth-order valence-corrected chi connectivity index (χ4v) is 2.63. The fraction of sp³-hybridized carbons (Fsp3) is 0.312. The van der Waals surface area contributed by atoms with Crippen LogP contribution in [0.4, 0.5) is 0 Å². The van der Waals surface area contributed by atoms with Crippen molar-refractivity contribution in [2.24, 2.45) is 0 Å². The molecule has 0 spiro atoms. The molecule has 6 heteroatoms. The summed E-state index contributed by atoms with van der Waals surface area (Å²) in [6.07, 6.45) is 3.51. The van der Waals surface area contributed by atoms with Crippen LogP contribution < -0.4 is 14.8 Å². The highest BCUT2D eigenvalue weighted by molar-refractivity contribution is 9.10. The average Bonchev–Trinajstić information content (AvgIpc) is 2.54. The third-order valence-corrected chi connectivity index (χ3v) is 3.70. The van der Waals surface area contributed by atoms with Crippen LogP contribution in [0.3, 0.4) is 0 Å². The van der Waals surface area contributed by atoms with Crippen molar-refractivity contribution in [3.8, 4) is 11.5 Å². The van der Waals surface area contributed by atoms with E-state index in [1.165, 1.54) is 0 Å². The lowest BCUT2D eigenvalue weighted by Crippen LogP contribution is -2.83. The molecule has 0 bridgehead atoms. The van der Waals surface area contributed by atoms with E-state index in [1.54, 1.807) is 19.5 Å². The predicted molar refractivity (Wildman–Crippen MR) is 86.8 cm³/mol. The van der Waals surface area contributed by atoms with Gasteiger partial charge in [-0.15, -0.1) is 0 Å². The summed E-state index contributed by atoms with van der Waals surface area (Å²) < 4.78 is 12.1. The van der Waals surface area contributed by atoms with Gasteiger partial charge < -0.3 is 19.9 Å². The SMILES string of the molecule is COc1cc(C[NH2+]CCO)cc(Br)c1OCc1cccnc1. The molecule has 0 unspecified atom stereocenters. The zero-order valence-electron chi connectivity index (χ0n) is 12.5. The molecule has 2 aromatic rings. The molecule has 22 heavy (non-hydrogen) atoms. The quantitative estimate of drug-likeness (QED) is 0.693. The number of aliphatic hydroxyl groups is 1. The first-order chi connectivity index (χ1) is 10.7. The summed E-state index contributed by atoms with van der Waals surface area (Å²) in [7, 11) is 1.62. The van der Waals surface area contributed by atoms with Gasteiger partial charge in [0.05, 0.1) is 24.7 Å². The number of aromatic nitrogens is 1. The maximum absolute atomic E-state index is 8.83. The first-order valence-electron chi connectivity index (χ1n) is 7.05. The summed E-state index contributed by atoms with van der Waals surface area (Å²) in [6.45, 7) is 2.06. The number of nitrogens with zero attached hydrogens (tertiary/aromatic N) is 1. The third kappa shape index (κ3) is 4.69. The number of halogens is 1. The van der Waals surface area contributed by atoms with Crippen LogP contribution in [0.5, 0.6) is 11.5 Å². The standard InChI is InChI=1S/C16H19BrN2O3/c1-21-15-8-13(10-19-5-6-20)7-14(17)16(15)22-11-12-3-2-4-18-9-12/h2-4,7-9,19-20H,5-6,10-11H2,1H3/p+1. The molecule has 2 rings (SSSR count). The first kappa shape index (κ1) is 16.7. The lowest BCUT2D eigenvalue weighted by atomic mass is 10.2. The Kier molecular flexibility index (Phi) is 6.64. The number of benzene rings is 1. The maximum Gasteiger partial charge on any atom is 0.175 e. The molecule has 3 N–H and O–H groups in total. The molecule has 1 aromatic heterocycles. The van der Waals surface area contributed by atoms with Gasteiger partial charge in [0.15, 0.2) is 11.5 Å². The summed E-state index contributed by atoms with van der Waals surface area (Å²) >= 11 is 3.54. The van der Waals surface area contributed by atoms with Gasteiger partial charge in [0.1, 0.15) is 13.2 Å². The Morgan fingerprint density at radius 2 is 2.18 bits per heavy atom. The molecule has 0 atom stereocenters. The molecule has 1 aromatic carbocycles. The van der Waals surface area contributed by atoms with Gasteiger partial charge in [-0.1, -0.05) is 6.07 Å². The Labute approximate surface area is 138 Å². The number of aliphatic hydroxyl groups excluding tert-OH is 1. The maximum atomic E-state index is 8.83. The van der Waals surface area contributed by atoms with Gasteiger partial charge in [0.2, 0.25) is 0 Å². The van der Waals surface area contributed by atoms with Gasteiger partial charge in [-0.3, -0.25) is 4.98 Å². The molecule has 118 valence electrons. The van der Waals surface area contributed by atoms with Crippen molar-refractivity contribution in [2.45, 2.75) is 13.2 Å². The highest BCUT2D eigenvalue weighted by Crippen LogP contribution is 2.37. The Balaban J connectivity index is 2.09. The molecular formula is C16H20BrN2O3+.